The maximum Gasteiger partial charge on any atom is 0.213 e. The molecular weight excluding hydrogens is 350 g/mol. The van der Waals surface area contributed by atoms with Gasteiger partial charge in [0.15, 0.2) is 0 Å². The third-order valence-electron chi connectivity index (χ3n) is 5.42. The van der Waals surface area contributed by atoms with Crippen LogP contribution in [0.4, 0.5) is 11.5 Å². The molecule has 6 heteroatoms. The van der Waals surface area contributed by atoms with Gasteiger partial charge in [-0.25, -0.2) is 9.97 Å². The maximum atomic E-state index is 5.99. The van der Waals surface area contributed by atoms with Crippen LogP contribution in [0.3, 0.4) is 0 Å². The summed E-state index contributed by atoms with van der Waals surface area (Å²) in [4.78, 5) is 10.9. The van der Waals surface area contributed by atoms with E-state index < -0.39 is 0 Å². The standard InChI is InChI=1S/C22H27N5O/c1-27-11-7-16(8-12-27)15-28-21-13-17(5-9-24-21)14-26-20-4-2-3-19-18(20)6-10-25-22(19)23/h2-6,9-10,13,16,26H,7-8,11-12,14-15H2,1H3,(H2,23,25). The number of nitrogens with one attached hydrogen (secondary N) is 1. The lowest BCUT2D eigenvalue weighted by atomic mass is 9.98. The molecular formula is C22H27N5O. The highest BCUT2D eigenvalue weighted by molar-refractivity contribution is 5.99. The van der Waals surface area contributed by atoms with Crippen molar-refractivity contribution < 1.29 is 4.74 Å². The van der Waals surface area contributed by atoms with Crippen molar-refractivity contribution in [2.24, 2.45) is 5.92 Å². The quantitative estimate of drug-likeness (QED) is 0.684. The Hall–Kier alpha value is -2.86. The molecule has 28 heavy (non-hydrogen) atoms. The Kier molecular flexibility index (Phi) is 5.58. The van der Waals surface area contributed by atoms with E-state index in [1.54, 1.807) is 6.20 Å². The lowest BCUT2D eigenvalue weighted by molar-refractivity contribution is 0.157. The summed E-state index contributed by atoms with van der Waals surface area (Å²) in [7, 11) is 2.18. The molecule has 0 aliphatic carbocycles. The molecule has 3 N–H and O–H groups in total. The highest BCUT2D eigenvalue weighted by atomic mass is 16.5. The molecule has 0 spiro atoms. The Morgan fingerprint density at radius 2 is 1.93 bits per heavy atom. The number of hydrogen-bond donors (Lipinski definition) is 2. The van der Waals surface area contributed by atoms with Crippen LogP contribution in [-0.4, -0.2) is 41.6 Å². The summed E-state index contributed by atoms with van der Waals surface area (Å²) in [6.07, 6.45) is 5.93. The van der Waals surface area contributed by atoms with E-state index in [0.29, 0.717) is 24.2 Å². The van der Waals surface area contributed by atoms with Crippen LogP contribution in [0.5, 0.6) is 5.88 Å². The zero-order chi connectivity index (χ0) is 19.3. The molecule has 0 bridgehead atoms. The van der Waals surface area contributed by atoms with E-state index in [2.05, 4.69) is 33.3 Å². The smallest absolute Gasteiger partial charge is 0.213 e. The Morgan fingerprint density at radius 1 is 1.11 bits per heavy atom. The number of anilines is 2. The van der Waals surface area contributed by atoms with Crippen molar-refractivity contribution in [2.75, 3.05) is 37.8 Å². The molecule has 0 radical (unpaired) electrons. The molecule has 0 unspecified atom stereocenters. The van der Waals surface area contributed by atoms with Crippen LogP contribution < -0.4 is 15.8 Å². The van der Waals surface area contributed by atoms with Gasteiger partial charge in [-0.15, -0.1) is 0 Å². The third-order valence-corrected chi connectivity index (χ3v) is 5.42. The third kappa shape index (κ3) is 4.34. The molecule has 6 nitrogen and oxygen atoms in total. The Bertz CT molecular complexity index is 937. The van der Waals surface area contributed by atoms with E-state index in [1.165, 1.54) is 12.8 Å². The van der Waals surface area contributed by atoms with E-state index in [4.69, 9.17) is 10.5 Å². The van der Waals surface area contributed by atoms with Gasteiger partial charge in [0.2, 0.25) is 5.88 Å². The minimum absolute atomic E-state index is 0.551. The number of nitrogens with two attached hydrogens (primary N) is 1. The van der Waals surface area contributed by atoms with Gasteiger partial charge in [-0.05, 0) is 62.7 Å². The Morgan fingerprint density at radius 3 is 2.79 bits per heavy atom. The first-order valence-electron chi connectivity index (χ1n) is 9.82. The normalized spacial score (nSPS) is 15.6. The largest absolute Gasteiger partial charge is 0.477 e. The molecule has 4 rings (SSSR count). The number of rotatable bonds is 6. The second kappa shape index (κ2) is 8.44. The van der Waals surface area contributed by atoms with E-state index in [1.807, 2.05) is 36.5 Å². The van der Waals surface area contributed by atoms with Gasteiger partial charge < -0.3 is 20.7 Å². The number of pyridine rings is 2. The first-order chi connectivity index (χ1) is 13.7. The van der Waals surface area contributed by atoms with Crippen molar-refractivity contribution in [2.45, 2.75) is 19.4 Å². The summed E-state index contributed by atoms with van der Waals surface area (Å²) >= 11 is 0. The molecule has 1 saturated heterocycles. The number of nitrogen functional groups attached to an aromatic ring is 1. The van der Waals surface area contributed by atoms with Crippen LogP contribution in [0.25, 0.3) is 10.8 Å². The molecule has 3 aromatic rings. The van der Waals surface area contributed by atoms with Gasteiger partial charge in [-0.2, -0.15) is 0 Å². The fraction of sp³-hybridized carbons (Fsp3) is 0.364. The number of aromatic nitrogens is 2. The summed E-state index contributed by atoms with van der Waals surface area (Å²) in [5.74, 6) is 1.87. The van der Waals surface area contributed by atoms with Gasteiger partial charge in [0.05, 0.1) is 6.61 Å². The second-order valence-corrected chi connectivity index (χ2v) is 7.51. The van der Waals surface area contributed by atoms with Crippen LogP contribution in [-0.2, 0) is 6.54 Å². The van der Waals surface area contributed by atoms with Gasteiger partial charge in [-0.1, -0.05) is 12.1 Å². The monoisotopic (exact) mass is 377 g/mol. The summed E-state index contributed by atoms with van der Waals surface area (Å²) in [5.41, 5.74) is 8.16. The topological polar surface area (TPSA) is 76.3 Å². The zero-order valence-electron chi connectivity index (χ0n) is 16.3. The second-order valence-electron chi connectivity index (χ2n) is 7.51. The molecule has 0 atom stereocenters. The molecule has 1 aromatic carbocycles. The van der Waals surface area contributed by atoms with Crippen molar-refractivity contribution in [3.8, 4) is 5.88 Å². The van der Waals surface area contributed by atoms with E-state index >= 15 is 0 Å². The summed E-state index contributed by atoms with van der Waals surface area (Å²) in [5, 5.41) is 5.53. The number of hydrogen-bond acceptors (Lipinski definition) is 6. The van der Waals surface area contributed by atoms with E-state index in [-0.39, 0.29) is 0 Å². The molecule has 3 heterocycles. The van der Waals surface area contributed by atoms with Crippen molar-refractivity contribution in [1.29, 1.82) is 0 Å². The fourth-order valence-corrected chi connectivity index (χ4v) is 3.65. The lowest BCUT2D eigenvalue weighted by Gasteiger charge is -2.28. The van der Waals surface area contributed by atoms with Crippen LogP contribution in [0.15, 0.2) is 48.8 Å². The SMILES string of the molecule is CN1CCC(COc2cc(CNc3cccc4c(N)nccc34)ccn2)CC1. The molecule has 146 valence electrons. The van der Waals surface area contributed by atoms with Crippen LogP contribution in [0.2, 0.25) is 0 Å². The molecule has 0 amide bonds. The van der Waals surface area contributed by atoms with Crippen molar-refractivity contribution in [1.82, 2.24) is 14.9 Å². The molecule has 0 saturated carbocycles. The first kappa shape index (κ1) is 18.5. The minimum atomic E-state index is 0.551. The minimum Gasteiger partial charge on any atom is -0.477 e. The molecule has 1 fully saturated rings. The number of ether oxygens (including phenoxy) is 1. The average molecular weight is 377 g/mol. The Balaban J connectivity index is 1.38. The average Bonchev–Trinajstić information content (AvgIpc) is 2.72. The summed E-state index contributed by atoms with van der Waals surface area (Å²) < 4.78 is 5.98. The number of likely N-dealkylation sites (tertiary alicyclic amines) is 1. The Labute approximate surface area is 165 Å². The van der Waals surface area contributed by atoms with Crippen molar-refractivity contribution in [3.63, 3.8) is 0 Å². The van der Waals surface area contributed by atoms with Crippen LogP contribution >= 0.6 is 0 Å². The van der Waals surface area contributed by atoms with E-state index in [0.717, 1.165) is 41.7 Å². The summed E-state index contributed by atoms with van der Waals surface area (Å²) in [6.45, 7) is 3.73. The predicted octanol–water partition coefficient (Wildman–Crippen LogP) is 3.54. The zero-order valence-corrected chi connectivity index (χ0v) is 16.3. The summed E-state index contributed by atoms with van der Waals surface area (Å²) in [6, 6.07) is 12.0. The maximum absolute atomic E-state index is 5.99. The van der Waals surface area contributed by atoms with Crippen LogP contribution in [0.1, 0.15) is 18.4 Å². The first-order valence-corrected chi connectivity index (χ1v) is 9.82. The van der Waals surface area contributed by atoms with E-state index in [9.17, 15) is 0 Å². The molecule has 1 aliphatic rings. The molecule has 2 aromatic heterocycles. The van der Waals surface area contributed by atoms with Gasteiger partial charge in [0.25, 0.3) is 0 Å². The highest BCUT2D eigenvalue weighted by Crippen LogP contribution is 2.26. The van der Waals surface area contributed by atoms with Gasteiger partial charge in [0, 0.05) is 41.5 Å². The number of fused-ring (bicyclic) bond motifs is 1. The fourth-order valence-electron chi connectivity index (χ4n) is 3.65. The van der Waals surface area contributed by atoms with Gasteiger partial charge >= 0.3 is 0 Å². The number of nitrogens with zero attached hydrogens (tertiary/aromatic N) is 3. The number of piperidine rings is 1. The van der Waals surface area contributed by atoms with Crippen LogP contribution in [0, 0.1) is 5.92 Å². The van der Waals surface area contributed by atoms with Crippen molar-refractivity contribution >= 4 is 22.3 Å². The van der Waals surface area contributed by atoms with Gasteiger partial charge in [-0.3, -0.25) is 0 Å². The predicted molar refractivity (Wildman–Crippen MR) is 113 cm³/mol. The van der Waals surface area contributed by atoms with Crippen molar-refractivity contribution in [3.05, 3.63) is 54.4 Å². The lowest BCUT2D eigenvalue weighted by Crippen LogP contribution is -2.32. The highest BCUT2D eigenvalue weighted by Gasteiger charge is 2.17. The number of benzene rings is 1. The molecule has 1 aliphatic heterocycles. The van der Waals surface area contributed by atoms with Gasteiger partial charge in [0.1, 0.15) is 5.82 Å².